The minimum absolute atomic E-state index is 0. The maximum atomic E-state index is 5.32. The summed E-state index contributed by atoms with van der Waals surface area (Å²) in [7, 11) is 0. The summed E-state index contributed by atoms with van der Waals surface area (Å²) >= 11 is 0. The summed E-state index contributed by atoms with van der Waals surface area (Å²) < 4.78 is 5.32. The first-order valence-electron chi connectivity index (χ1n) is 9.14. The Kier molecular flexibility index (Phi) is 7.92. The number of halogens is 1. The topological polar surface area (TPSA) is 82.3 Å². The molecule has 2 atom stereocenters. The molecular formula is C18H29IN6O. The standard InChI is InChI=1S/C18H28N6O.HI/c1-4-19-18(24-11-13(2)10-14(3)12-24)20-8-7-16-21-17(23-22-16)15-6-5-9-25-15;/h5-6,9,13-14H,4,7-8,10-12H2,1-3H3,(H,19,20)(H,21,22,23);1H. The van der Waals surface area contributed by atoms with Gasteiger partial charge in [0.25, 0.3) is 0 Å². The second-order valence-electron chi connectivity index (χ2n) is 6.92. The van der Waals surface area contributed by atoms with Gasteiger partial charge in [-0.3, -0.25) is 10.1 Å². The average Bonchev–Trinajstić information content (AvgIpc) is 3.24. The summed E-state index contributed by atoms with van der Waals surface area (Å²) in [5.74, 6) is 4.51. The molecule has 1 saturated heterocycles. The summed E-state index contributed by atoms with van der Waals surface area (Å²) in [4.78, 5) is 11.6. The van der Waals surface area contributed by atoms with E-state index < -0.39 is 0 Å². The van der Waals surface area contributed by atoms with E-state index in [1.165, 1.54) is 6.42 Å². The van der Waals surface area contributed by atoms with Crippen LogP contribution in [0.25, 0.3) is 11.6 Å². The lowest BCUT2D eigenvalue weighted by Gasteiger charge is -2.37. The fourth-order valence-electron chi connectivity index (χ4n) is 3.45. The molecule has 0 aromatic carbocycles. The lowest BCUT2D eigenvalue weighted by Crippen LogP contribution is -2.48. The third-order valence-electron chi connectivity index (χ3n) is 4.39. The van der Waals surface area contributed by atoms with Crippen LogP contribution in [0.5, 0.6) is 0 Å². The van der Waals surface area contributed by atoms with Crippen LogP contribution in [0.15, 0.2) is 27.8 Å². The first-order valence-corrected chi connectivity index (χ1v) is 9.14. The van der Waals surface area contributed by atoms with E-state index in [1.54, 1.807) is 6.26 Å². The zero-order chi connectivity index (χ0) is 17.6. The second kappa shape index (κ2) is 9.94. The fourth-order valence-corrected chi connectivity index (χ4v) is 3.45. The van der Waals surface area contributed by atoms with E-state index in [0.717, 1.165) is 37.8 Å². The highest BCUT2D eigenvalue weighted by atomic mass is 127. The van der Waals surface area contributed by atoms with E-state index in [-0.39, 0.29) is 24.0 Å². The molecule has 2 aromatic heterocycles. The van der Waals surface area contributed by atoms with Gasteiger partial charge in [0, 0.05) is 32.6 Å². The van der Waals surface area contributed by atoms with Gasteiger partial charge in [-0.1, -0.05) is 13.8 Å². The van der Waals surface area contributed by atoms with Gasteiger partial charge < -0.3 is 14.6 Å². The monoisotopic (exact) mass is 472 g/mol. The van der Waals surface area contributed by atoms with Crippen LogP contribution in [0.1, 0.15) is 33.0 Å². The summed E-state index contributed by atoms with van der Waals surface area (Å²) in [5, 5.41) is 10.6. The van der Waals surface area contributed by atoms with Crippen LogP contribution >= 0.6 is 24.0 Å². The Morgan fingerprint density at radius 3 is 2.81 bits per heavy atom. The predicted molar refractivity (Wildman–Crippen MR) is 114 cm³/mol. The van der Waals surface area contributed by atoms with Gasteiger partial charge in [-0.05, 0) is 37.3 Å². The maximum Gasteiger partial charge on any atom is 0.216 e. The Morgan fingerprint density at radius 1 is 1.38 bits per heavy atom. The second-order valence-corrected chi connectivity index (χ2v) is 6.92. The molecule has 0 saturated carbocycles. The van der Waals surface area contributed by atoms with Crippen LogP contribution in [0, 0.1) is 11.8 Å². The molecule has 2 N–H and O–H groups in total. The van der Waals surface area contributed by atoms with Crippen molar-refractivity contribution in [1.29, 1.82) is 0 Å². The van der Waals surface area contributed by atoms with Gasteiger partial charge >= 0.3 is 0 Å². The number of piperidine rings is 1. The van der Waals surface area contributed by atoms with Gasteiger partial charge in [0.1, 0.15) is 5.82 Å². The molecule has 0 spiro atoms. The molecule has 2 aromatic rings. The average molecular weight is 472 g/mol. The number of aliphatic imine (C=N–C) groups is 1. The molecule has 1 aliphatic rings. The van der Waals surface area contributed by atoms with Crippen LogP contribution in [0.2, 0.25) is 0 Å². The molecule has 0 amide bonds. The van der Waals surface area contributed by atoms with Crippen molar-refractivity contribution in [2.24, 2.45) is 16.8 Å². The third-order valence-corrected chi connectivity index (χ3v) is 4.39. The maximum absolute atomic E-state index is 5.32. The molecule has 0 radical (unpaired) electrons. The highest BCUT2D eigenvalue weighted by Gasteiger charge is 2.23. The minimum atomic E-state index is 0. The van der Waals surface area contributed by atoms with Gasteiger partial charge in [-0.15, -0.1) is 24.0 Å². The first kappa shape index (κ1) is 20.7. The number of rotatable bonds is 5. The number of furan rings is 1. The van der Waals surface area contributed by atoms with Crippen molar-refractivity contribution in [3.05, 3.63) is 24.2 Å². The lowest BCUT2D eigenvalue weighted by molar-refractivity contribution is 0.208. The van der Waals surface area contributed by atoms with E-state index in [2.05, 4.69) is 46.2 Å². The molecule has 7 nitrogen and oxygen atoms in total. The summed E-state index contributed by atoms with van der Waals surface area (Å²) in [6.07, 6.45) is 3.64. The van der Waals surface area contributed by atoms with Crippen molar-refractivity contribution < 1.29 is 4.42 Å². The molecule has 0 bridgehead atoms. The number of guanidine groups is 1. The van der Waals surface area contributed by atoms with Crippen LogP contribution in [-0.4, -0.2) is 52.2 Å². The number of hydrogen-bond donors (Lipinski definition) is 2. The van der Waals surface area contributed by atoms with Crippen LogP contribution in [-0.2, 0) is 6.42 Å². The Labute approximate surface area is 172 Å². The van der Waals surface area contributed by atoms with Gasteiger partial charge in [0.15, 0.2) is 11.7 Å². The predicted octanol–water partition coefficient (Wildman–Crippen LogP) is 3.17. The molecule has 8 heteroatoms. The SMILES string of the molecule is CCNC(=NCCc1nc(-c2ccco2)n[nH]1)N1CC(C)CC(C)C1.I. The lowest BCUT2D eigenvalue weighted by atomic mass is 9.92. The molecule has 26 heavy (non-hydrogen) atoms. The quantitative estimate of drug-likeness (QED) is 0.397. The molecule has 2 unspecified atom stereocenters. The van der Waals surface area contributed by atoms with Crippen LogP contribution in [0.4, 0.5) is 0 Å². The molecule has 1 aliphatic heterocycles. The van der Waals surface area contributed by atoms with E-state index in [0.29, 0.717) is 30.0 Å². The zero-order valence-corrected chi connectivity index (χ0v) is 18.1. The molecular weight excluding hydrogens is 443 g/mol. The molecule has 0 aliphatic carbocycles. The summed E-state index contributed by atoms with van der Waals surface area (Å²) in [6, 6.07) is 3.69. The number of nitrogens with zero attached hydrogens (tertiary/aromatic N) is 4. The zero-order valence-electron chi connectivity index (χ0n) is 15.7. The third kappa shape index (κ3) is 5.46. The Balaban J connectivity index is 0.00000243. The van der Waals surface area contributed by atoms with Crippen LogP contribution in [0.3, 0.4) is 0 Å². The van der Waals surface area contributed by atoms with Crippen LogP contribution < -0.4 is 5.32 Å². The Morgan fingerprint density at radius 2 is 2.15 bits per heavy atom. The van der Waals surface area contributed by atoms with Crippen molar-refractivity contribution in [2.75, 3.05) is 26.2 Å². The molecule has 3 heterocycles. The molecule has 1 fully saturated rings. The Hall–Kier alpha value is -1.58. The van der Waals surface area contributed by atoms with Crippen molar-refractivity contribution >= 4 is 29.9 Å². The number of aromatic nitrogens is 3. The van der Waals surface area contributed by atoms with Gasteiger partial charge in [-0.2, -0.15) is 5.10 Å². The molecule has 144 valence electrons. The summed E-state index contributed by atoms with van der Waals surface area (Å²) in [6.45, 7) is 10.4. The highest BCUT2D eigenvalue weighted by Crippen LogP contribution is 2.21. The normalized spacial score (nSPS) is 20.7. The number of nitrogens with one attached hydrogen (secondary N) is 2. The smallest absolute Gasteiger partial charge is 0.216 e. The number of aromatic amines is 1. The van der Waals surface area contributed by atoms with E-state index in [9.17, 15) is 0 Å². The van der Waals surface area contributed by atoms with E-state index >= 15 is 0 Å². The van der Waals surface area contributed by atoms with Crippen molar-refractivity contribution in [1.82, 2.24) is 25.4 Å². The van der Waals surface area contributed by atoms with Crippen molar-refractivity contribution in [2.45, 2.75) is 33.6 Å². The number of likely N-dealkylation sites (tertiary alicyclic amines) is 1. The van der Waals surface area contributed by atoms with Gasteiger partial charge in [-0.25, -0.2) is 4.98 Å². The van der Waals surface area contributed by atoms with E-state index in [1.807, 2.05) is 12.1 Å². The molecule has 3 rings (SSSR count). The number of H-pyrrole nitrogens is 1. The Bertz CT molecular complexity index is 674. The first-order chi connectivity index (χ1) is 12.2. The summed E-state index contributed by atoms with van der Waals surface area (Å²) in [5.41, 5.74) is 0. The fraction of sp³-hybridized carbons (Fsp3) is 0.611. The van der Waals surface area contributed by atoms with Crippen molar-refractivity contribution in [3.8, 4) is 11.6 Å². The highest BCUT2D eigenvalue weighted by molar-refractivity contribution is 14.0. The van der Waals surface area contributed by atoms with E-state index in [4.69, 9.17) is 9.41 Å². The number of hydrogen-bond acceptors (Lipinski definition) is 4. The van der Waals surface area contributed by atoms with Crippen molar-refractivity contribution in [3.63, 3.8) is 0 Å². The largest absolute Gasteiger partial charge is 0.461 e. The van der Waals surface area contributed by atoms with Gasteiger partial charge in [0.05, 0.1) is 6.26 Å². The minimum Gasteiger partial charge on any atom is -0.461 e. The van der Waals surface area contributed by atoms with Gasteiger partial charge in [0.2, 0.25) is 5.82 Å².